The molecule has 2 N–H and O–H groups in total. The van der Waals surface area contributed by atoms with Crippen molar-refractivity contribution in [2.75, 3.05) is 51.6 Å². The van der Waals surface area contributed by atoms with Crippen LogP contribution in [0.5, 0.6) is 0 Å². The Balaban J connectivity index is 1.12. The molecule has 2 fully saturated rings. The minimum Gasteiger partial charge on any atom is -0.367 e. The molecule has 0 amide bonds. The van der Waals surface area contributed by atoms with Gasteiger partial charge in [0.1, 0.15) is 28.7 Å². The molecule has 2 aliphatic rings. The van der Waals surface area contributed by atoms with Gasteiger partial charge in [-0.3, -0.25) is 9.80 Å². The highest BCUT2D eigenvalue weighted by molar-refractivity contribution is 7.87. The summed E-state index contributed by atoms with van der Waals surface area (Å²) < 4.78 is 68.9. The maximum atomic E-state index is 13.0. The van der Waals surface area contributed by atoms with Crippen molar-refractivity contribution in [1.29, 1.82) is 5.26 Å². The Labute approximate surface area is 296 Å². The fourth-order valence-electron chi connectivity index (χ4n) is 7.05. The summed E-state index contributed by atoms with van der Waals surface area (Å²) in [5, 5.41) is 13.6. The molecule has 4 aromatic rings. The lowest BCUT2D eigenvalue weighted by atomic mass is 9.57. The average Bonchev–Trinajstić information content (AvgIpc) is 3.68. The highest BCUT2D eigenvalue weighted by Gasteiger charge is 2.37. The van der Waals surface area contributed by atoms with E-state index < -0.39 is 34.2 Å². The number of piperazine rings is 1. The number of aryl methyl sites for hydroxylation is 1. The Hall–Kier alpha value is -3.20. The van der Waals surface area contributed by atoms with E-state index in [2.05, 4.69) is 37.0 Å². The molecule has 0 aliphatic carbocycles. The summed E-state index contributed by atoms with van der Waals surface area (Å²) in [4.78, 5) is 13.7. The first kappa shape index (κ1) is 36.6. The predicted octanol–water partition coefficient (Wildman–Crippen LogP) is 3.43. The molecule has 1 atom stereocenters. The van der Waals surface area contributed by atoms with Crippen LogP contribution in [-0.2, 0) is 28.5 Å². The number of benzene rings is 1. The first-order valence-corrected chi connectivity index (χ1v) is 18.7. The van der Waals surface area contributed by atoms with Gasteiger partial charge < -0.3 is 9.88 Å². The number of thiophene rings is 1. The Morgan fingerprint density at radius 2 is 1.78 bits per heavy atom. The highest BCUT2D eigenvalue weighted by Crippen LogP contribution is 2.35. The number of anilines is 1. The first-order valence-electron chi connectivity index (χ1n) is 16.4. The Morgan fingerprint density at radius 3 is 2.42 bits per heavy atom. The molecular weight excluding hydrogens is 685 g/mol. The van der Waals surface area contributed by atoms with Crippen LogP contribution in [0.4, 0.5) is 19.0 Å². The van der Waals surface area contributed by atoms with Crippen molar-refractivity contribution in [2.24, 2.45) is 0 Å². The molecule has 1 unspecified atom stereocenters. The van der Waals surface area contributed by atoms with E-state index >= 15 is 0 Å². The molecule has 2 aliphatic heterocycles. The maximum absolute atomic E-state index is 13.0. The Kier molecular flexibility index (Phi) is 10.3. The van der Waals surface area contributed by atoms with E-state index in [1.807, 2.05) is 30.9 Å². The van der Waals surface area contributed by atoms with E-state index in [1.165, 1.54) is 23.7 Å². The van der Waals surface area contributed by atoms with Gasteiger partial charge in [-0.25, -0.2) is 14.7 Å². The molecule has 0 saturated carbocycles. The van der Waals surface area contributed by atoms with Crippen molar-refractivity contribution in [1.82, 2.24) is 33.4 Å². The third-order valence-corrected chi connectivity index (χ3v) is 12.6. The molecule has 3 aromatic heterocycles. The number of halogens is 3. The van der Waals surface area contributed by atoms with Crippen LogP contribution in [0.3, 0.4) is 0 Å². The second-order valence-electron chi connectivity index (χ2n) is 13.1. The van der Waals surface area contributed by atoms with Crippen LogP contribution in [0.1, 0.15) is 41.5 Å². The number of alkyl halides is 3. The lowest BCUT2D eigenvalue weighted by molar-refractivity contribution is -0.126. The van der Waals surface area contributed by atoms with E-state index in [0.717, 1.165) is 59.3 Å². The fourth-order valence-corrected chi connectivity index (χ4v) is 8.98. The normalized spacial score (nSPS) is 18.5. The molecular formula is C32H38B2F3N9O2S2. The third kappa shape index (κ3) is 7.40. The molecule has 50 heavy (non-hydrogen) atoms. The molecule has 18 heteroatoms. The number of hydrogen-bond donors (Lipinski definition) is 2. The lowest BCUT2D eigenvalue weighted by Gasteiger charge is -2.46. The summed E-state index contributed by atoms with van der Waals surface area (Å²) in [5.41, 5.74) is 3.24. The van der Waals surface area contributed by atoms with Gasteiger partial charge in [-0.2, -0.15) is 31.2 Å². The van der Waals surface area contributed by atoms with Crippen molar-refractivity contribution in [3.05, 3.63) is 52.3 Å². The smallest absolute Gasteiger partial charge is 0.367 e. The van der Waals surface area contributed by atoms with Crippen LogP contribution >= 0.6 is 11.3 Å². The van der Waals surface area contributed by atoms with Gasteiger partial charge in [0.05, 0.1) is 27.5 Å². The number of aromatic nitrogens is 3. The second-order valence-corrected chi connectivity index (χ2v) is 16.1. The quantitative estimate of drug-likeness (QED) is 0.239. The van der Waals surface area contributed by atoms with Gasteiger partial charge in [0.25, 0.3) is 10.2 Å². The monoisotopic (exact) mass is 723 g/mol. The zero-order chi connectivity index (χ0) is 36.0. The van der Waals surface area contributed by atoms with Crippen molar-refractivity contribution < 1.29 is 21.6 Å². The topological polar surface area (TPSA) is 122 Å². The maximum Gasteiger partial charge on any atom is 0.393 e. The van der Waals surface area contributed by atoms with Crippen LogP contribution in [0.2, 0.25) is 0 Å². The summed E-state index contributed by atoms with van der Waals surface area (Å²) in [6.45, 7) is 7.72. The summed E-state index contributed by atoms with van der Waals surface area (Å²) in [7, 11) is 11.5. The number of rotatable bonds is 10. The van der Waals surface area contributed by atoms with Crippen LogP contribution in [-0.4, -0.2) is 117 Å². The van der Waals surface area contributed by atoms with E-state index in [1.54, 1.807) is 4.57 Å². The molecule has 0 spiro atoms. The Morgan fingerprint density at radius 1 is 1.08 bits per heavy atom. The number of likely N-dealkylation sites (tertiary alicyclic amines) is 1. The molecule has 11 nitrogen and oxygen atoms in total. The van der Waals surface area contributed by atoms with Crippen molar-refractivity contribution in [3.63, 3.8) is 0 Å². The number of nitrogens with one attached hydrogen (secondary N) is 2. The highest BCUT2D eigenvalue weighted by atomic mass is 32.2. The zero-order valence-corrected chi connectivity index (χ0v) is 29.8. The molecule has 262 valence electrons. The first-order chi connectivity index (χ1) is 23.6. The van der Waals surface area contributed by atoms with Gasteiger partial charge in [0, 0.05) is 80.7 Å². The SMILES string of the molecule is [B]C([B])(C(C)N1CCN(S(=O)(=O)NC)CC1)n1c(C#N)cc2c(C)c(CN3CCC(Nc4ncnc5sc(CC(F)(F)F)cc45)CC3)ccc21. The summed E-state index contributed by atoms with van der Waals surface area (Å²) in [6.07, 6.45) is -2.22. The van der Waals surface area contributed by atoms with Crippen LogP contribution in [0.25, 0.3) is 21.1 Å². The fraction of sp³-hybridized carbons (Fsp3) is 0.531. The number of nitriles is 1. The third-order valence-electron chi connectivity index (χ3n) is 10.0. The number of piperidine rings is 1. The molecule has 2 saturated heterocycles. The van der Waals surface area contributed by atoms with Gasteiger partial charge in [-0.1, -0.05) is 6.07 Å². The molecule has 6 rings (SSSR count). The summed E-state index contributed by atoms with van der Waals surface area (Å²) >= 11 is 1.04. The van der Waals surface area contributed by atoms with Crippen molar-refractivity contribution in [2.45, 2.75) is 63.3 Å². The van der Waals surface area contributed by atoms with Gasteiger partial charge >= 0.3 is 6.18 Å². The van der Waals surface area contributed by atoms with Gasteiger partial charge in [0.15, 0.2) is 0 Å². The number of nitrogens with zero attached hydrogens (tertiary/aromatic N) is 7. The van der Waals surface area contributed by atoms with Crippen LogP contribution in [0.15, 0.2) is 30.6 Å². The van der Waals surface area contributed by atoms with E-state index in [0.29, 0.717) is 54.5 Å². The molecule has 1 aromatic carbocycles. The van der Waals surface area contributed by atoms with Gasteiger partial charge in [0.2, 0.25) is 0 Å². The lowest BCUT2D eigenvalue weighted by Crippen LogP contribution is -2.60. The largest absolute Gasteiger partial charge is 0.393 e. The summed E-state index contributed by atoms with van der Waals surface area (Å²) in [5.74, 6) is 0.562. The van der Waals surface area contributed by atoms with E-state index in [9.17, 15) is 26.9 Å². The van der Waals surface area contributed by atoms with E-state index in [-0.39, 0.29) is 10.9 Å². The predicted molar refractivity (Wildman–Crippen MR) is 191 cm³/mol. The zero-order valence-electron chi connectivity index (χ0n) is 28.2. The van der Waals surface area contributed by atoms with Crippen molar-refractivity contribution in [3.8, 4) is 6.07 Å². The molecule has 0 bridgehead atoms. The Bertz CT molecular complexity index is 2010. The van der Waals surface area contributed by atoms with E-state index in [4.69, 9.17) is 15.7 Å². The summed E-state index contributed by atoms with van der Waals surface area (Å²) in [6, 6.07) is 9.35. The van der Waals surface area contributed by atoms with Crippen LogP contribution in [0, 0.1) is 18.3 Å². The van der Waals surface area contributed by atoms with Crippen molar-refractivity contribution >= 4 is 64.2 Å². The van der Waals surface area contributed by atoms with Crippen LogP contribution < -0.4 is 10.0 Å². The molecule has 4 radical (unpaired) electrons. The molecule has 5 heterocycles. The second kappa shape index (κ2) is 14.1. The standard InChI is InChI=1S/C32H38B2F3N9O2S2/c1-20-22(18-43-8-6-23(7-9-43)42-29-27-15-25(16-31(35,36)37)49-30(27)41-19-40-29)4-5-28-26(20)14-24(17-38)46(28)32(33,34)21(2)44-10-12-45(13-11-44)50(47,48)39-3/h4-5,14-15,19,21,23,39H,6-13,16,18H2,1-3H3,(H,40,41,42). The average molecular weight is 723 g/mol. The van der Waals surface area contributed by atoms with Gasteiger partial charge in [-0.05, 0) is 61.4 Å². The number of fused-ring (bicyclic) bond motifs is 2. The minimum atomic E-state index is -4.28. The number of hydrogen-bond acceptors (Lipinski definition) is 9. The minimum absolute atomic E-state index is 0.117. The van der Waals surface area contributed by atoms with Gasteiger partial charge in [-0.15, -0.1) is 11.3 Å².